The Morgan fingerprint density at radius 3 is 2.69 bits per heavy atom. The quantitative estimate of drug-likeness (QED) is 0.695. The molecule has 1 aliphatic heterocycles. The number of halogens is 1. The highest BCUT2D eigenvalue weighted by atomic mass is 35.5. The first-order chi connectivity index (χ1) is 14.0. The fourth-order valence-electron chi connectivity index (χ4n) is 3.01. The minimum atomic E-state index is -0.475. The van der Waals surface area contributed by atoms with E-state index in [2.05, 4.69) is 5.32 Å². The highest BCUT2D eigenvalue weighted by Crippen LogP contribution is 2.30. The standard InChI is InChI=1S/C21H22ClNO6/c1-26-18-5-3-13(7-19(18)27-2)10-23-20(24)12-29-21(25)15-8-14-9-16(22)4-6-17(14)28-11-15/h3-7,9,15H,8,10-12H2,1-2H3,(H,23,24)/t15-/m0/s1. The molecule has 0 radical (unpaired) electrons. The van der Waals surface area contributed by atoms with Crippen molar-refractivity contribution < 1.29 is 28.5 Å². The third-order valence-corrected chi connectivity index (χ3v) is 4.78. The lowest BCUT2D eigenvalue weighted by Gasteiger charge is -2.24. The van der Waals surface area contributed by atoms with Gasteiger partial charge in [0.1, 0.15) is 12.4 Å². The molecule has 1 amide bonds. The summed E-state index contributed by atoms with van der Waals surface area (Å²) in [6.07, 6.45) is 0.460. The molecule has 0 unspecified atom stereocenters. The van der Waals surface area contributed by atoms with Crippen molar-refractivity contribution in [3.63, 3.8) is 0 Å². The average molecular weight is 420 g/mol. The minimum Gasteiger partial charge on any atom is -0.493 e. The number of rotatable bonds is 7. The van der Waals surface area contributed by atoms with Crippen molar-refractivity contribution in [1.82, 2.24) is 5.32 Å². The molecule has 1 N–H and O–H groups in total. The highest BCUT2D eigenvalue weighted by Gasteiger charge is 2.28. The monoisotopic (exact) mass is 419 g/mol. The summed E-state index contributed by atoms with van der Waals surface area (Å²) in [5.41, 5.74) is 1.68. The predicted molar refractivity (Wildman–Crippen MR) is 106 cm³/mol. The van der Waals surface area contributed by atoms with Gasteiger partial charge < -0.3 is 24.3 Å². The van der Waals surface area contributed by atoms with Crippen molar-refractivity contribution in [1.29, 1.82) is 0 Å². The number of carbonyl (C=O) groups is 2. The fourth-order valence-corrected chi connectivity index (χ4v) is 3.21. The van der Waals surface area contributed by atoms with Gasteiger partial charge in [-0.1, -0.05) is 17.7 Å². The van der Waals surface area contributed by atoms with Crippen LogP contribution in [-0.4, -0.2) is 39.3 Å². The number of hydrogen-bond acceptors (Lipinski definition) is 6. The maximum Gasteiger partial charge on any atom is 0.313 e. The molecule has 0 aliphatic carbocycles. The van der Waals surface area contributed by atoms with Gasteiger partial charge in [-0.15, -0.1) is 0 Å². The molecule has 0 saturated heterocycles. The molecule has 1 aliphatic rings. The molecule has 1 atom stereocenters. The predicted octanol–water partition coefficient (Wildman–Crippen LogP) is 2.77. The van der Waals surface area contributed by atoms with Gasteiger partial charge in [0, 0.05) is 11.6 Å². The van der Waals surface area contributed by atoms with Crippen LogP contribution in [-0.2, 0) is 27.3 Å². The van der Waals surface area contributed by atoms with Crippen molar-refractivity contribution in [3.8, 4) is 17.2 Å². The summed E-state index contributed by atoms with van der Waals surface area (Å²) >= 11 is 5.99. The fraction of sp³-hybridized carbons (Fsp3) is 0.333. The number of nitrogens with one attached hydrogen (secondary N) is 1. The van der Waals surface area contributed by atoms with Crippen LogP contribution in [0, 0.1) is 5.92 Å². The van der Waals surface area contributed by atoms with Crippen molar-refractivity contribution >= 4 is 23.5 Å². The van der Waals surface area contributed by atoms with Crippen molar-refractivity contribution in [2.75, 3.05) is 27.4 Å². The Morgan fingerprint density at radius 2 is 1.93 bits per heavy atom. The van der Waals surface area contributed by atoms with Crippen LogP contribution in [0.15, 0.2) is 36.4 Å². The average Bonchev–Trinajstić information content (AvgIpc) is 2.75. The van der Waals surface area contributed by atoms with Crippen molar-refractivity contribution in [3.05, 3.63) is 52.5 Å². The Hall–Kier alpha value is -2.93. The molecule has 0 aromatic heterocycles. The van der Waals surface area contributed by atoms with Crippen LogP contribution in [0.25, 0.3) is 0 Å². The van der Waals surface area contributed by atoms with E-state index in [1.807, 2.05) is 6.07 Å². The van der Waals surface area contributed by atoms with E-state index in [9.17, 15) is 9.59 Å². The van der Waals surface area contributed by atoms with Gasteiger partial charge in [0.2, 0.25) is 0 Å². The number of methoxy groups -OCH3 is 2. The van der Waals surface area contributed by atoms with E-state index < -0.39 is 17.8 Å². The first-order valence-electron chi connectivity index (χ1n) is 9.05. The molecule has 0 fully saturated rings. The number of amides is 1. The summed E-state index contributed by atoms with van der Waals surface area (Å²) in [7, 11) is 3.10. The summed E-state index contributed by atoms with van der Waals surface area (Å²) < 4.78 is 21.1. The topological polar surface area (TPSA) is 83.1 Å². The molecule has 0 spiro atoms. The van der Waals surface area contributed by atoms with Gasteiger partial charge in [0.25, 0.3) is 5.91 Å². The van der Waals surface area contributed by atoms with Crippen LogP contribution >= 0.6 is 11.6 Å². The molecule has 154 valence electrons. The van der Waals surface area contributed by atoms with Crippen molar-refractivity contribution in [2.24, 2.45) is 5.92 Å². The molecule has 0 bridgehead atoms. The van der Waals surface area contributed by atoms with Gasteiger partial charge in [0.15, 0.2) is 18.1 Å². The zero-order valence-electron chi connectivity index (χ0n) is 16.2. The first kappa shape index (κ1) is 20.8. The lowest BCUT2D eigenvalue weighted by Crippen LogP contribution is -2.33. The maximum atomic E-state index is 12.3. The second-order valence-electron chi connectivity index (χ2n) is 6.54. The van der Waals surface area contributed by atoms with E-state index in [0.29, 0.717) is 28.7 Å². The Kier molecular flexibility index (Phi) is 6.82. The summed E-state index contributed by atoms with van der Waals surface area (Å²) in [6.45, 7) is 0.126. The van der Waals surface area contributed by atoms with E-state index in [4.69, 9.17) is 30.5 Å². The number of benzene rings is 2. The Morgan fingerprint density at radius 1 is 1.14 bits per heavy atom. The van der Waals surface area contributed by atoms with E-state index in [1.165, 1.54) is 0 Å². The number of ether oxygens (including phenoxy) is 4. The molecule has 8 heteroatoms. The molecular formula is C21H22ClNO6. The van der Waals surface area contributed by atoms with Crippen LogP contribution in [0.4, 0.5) is 0 Å². The number of carbonyl (C=O) groups excluding carboxylic acids is 2. The molecule has 3 rings (SSSR count). The third-order valence-electron chi connectivity index (χ3n) is 4.55. The summed E-state index contributed by atoms with van der Waals surface area (Å²) in [5.74, 6) is 0.549. The van der Waals surface area contributed by atoms with Crippen LogP contribution in [0.2, 0.25) is 5.02 Å². The van der Waals surface area contributed by atoms with Crippen molar-refractivity contribution in [2.45, 2.75) is 13.0 Å². The Bertz CT molecular complexity index is 901. The van der Waals surface area contributed by atoms with Gasteiger partial charge in [0.05, 0.1) is 20.1 Å². The lowest BCUT2D eigenvalue weighted by molar-refractivity contribution is -0.153. The summed E-state index contributed by atoms with van der Waals surface area (Å²) in [4.78, 5) is 24.3. The van der Waals surface area contributed by atoms with Gasteiger partial charge in [-0.25, -0.2) is 0 Å². The van der Waals surface area contributed by atoms with Crippen LogP contribution in [0.5, 0.6) is 17.2 Å². The number of hydrogen-bond donors (Lipinski definition) is 1. The lowest BCUT2D eigenvalue weighted by atomic mass is 9.97. The second kappa shape index (κ2) is 9.52. The molecule has 0 saturated carbocycles. The molecule has 1 heterocycles. The first-order valence-corrected chi connectivity index (χ1v) is 9.43. The van der Waals surface area contributed by atoms with Gasteiger partial charge in [-0.05, 0) is 47.9 Å². The van der Waals surface area contributed by atoms with Gasteiger partial charge in [-0.2, -0.15) is 0 Å². The smallest absolute Gasteiger partial charge is 0.313 e. The molecule has 2 aromatic rings. The number of fused-ring (bicyclic) bond motifs is 1. The molecule has 29 heavy (non-hydrogen) atoms. The van der Waals surface area contributed by atoms with E-state index in [-0.39, 0.29) is 19.8 Å². The largest absolute Gasteiger partial charge is 0.493 e. The van der Waals surface area contributed by atoms with Crippen LogP contribution in [0.3, 0.4) is 0 Å². The minimum absolute atomic E-state index is 0.209. The Labute approximate surface area is 173 Å². The summed E-state index contributed by atoms with van der Waals surface area (Å²) in [5, 5.41) is 3.29. The van der Waals surface area contributed by atoms with Gasteiger partial charge in [-0.3, -0.25) is 9.59 Å². The normalized spacial score (nSPS) is 14.9. The SMILES string of the molecule is COc1ccc(CNC(=O)COC(=O)[C@@H]2COc3ccc(Cl)cc3C2)cc1OC. The van der Waals surface area contributed by atoms with E-state index in [1.54, 1.807) is 44.6 Å². The molecule has 7 nitrogen and oxygen atoms in total. The highest BCUT2D eigenvalue weighted by molar-refractivity contribution is 6.30. The zero-order valence-corrected chi connectivity index (χ0v) is 17.0. The number of esters is 1. The van der Waals surface area contributed by atoms with Gasteiger partial charge >= 0.3 is 5.97 Å². The zero-order chi connectivity index (χ0) is 20.8. The van der Waals surface area contributed by atoms with E-state index >= 15 is 0 Å². The van der Waals surface area contributed by atoms with Crippen LogP contribution < -0.4 is 19.5 Å². The molecule has 2 aromatic carbocycles. The van der Waals surface area contributed by atoms with E-state index in [0.717, 1.165) is 11.1 Å². The maximum absolute atomic E-state index is 12.3. The van der Waals surface area contributed by atoms with Crippen LogP contribution in [0.1, 0.15) is 11.1 Å². The summed E-state index contributed by atoms with van der Waals surface area (Å²) in [6, 6.07) is 10.6. The molecular weight excluding hydrogens is 398 g/mol. The third kappa shape index (κ3) is 5.32. The Balaban J connectivity index is 1.46. The second-order valence-corrected chi connectivity index (χ2v) is 6.97.